The lowest BCUT2D eigenvalue weighted by Crippen LogP contribution is -2.34. The summed E-state index contributed by atoms with van der Waals surface area (Å²) in [6, 6.07) is 10.4. The van der Waals surface area contributed by atoms with Gasteiger partial charge in [-0.15, -0.1) is 0 Å². The van der Waals surface area contributed by atoms with E-state index in [0.717, 1.165) is 0 Å². The molecule has 0 aromatic heterocycles. The molecule has 2 aromatic rings. The van der Waals surface area contributed by atoms with Crippen LogP contribution in [0, 0.1) is 5.82 Å². The molecule has 0 saturated carbocycles. The van der Waals surface area contributed by atoms with Crippen molar-refractivity contribution in [3.8, 4) is 0 Å². The molecule has 0 fully saturated rings. The summed E-state index contributed by atoms with van der Waals surface area (Å²) < 4.78 is 39.7. The fraction of sp³-hybridized carbons (Fsp3) is 0.188. The van der Waals surface area contributed by atoms with Crippen LogP contribution in [0.3, 0.4) is 0 Å². The number of nitrogens with one attached hydrogen (secondary N) is 1. The maximum Gasteiger partial charge on any atom is 0.240 e. The number of halogens is 2. The summed E-state index contributed by atoms with van der Waals surface area (Å²) in [6.45, 7) is 1.59. The van der Waals surface area contributed by atoms with Gasteiger partial charge in [-0.2, -0.15) is 0 Å². The molecule has 0 aliphatic rings. The maximum absolute atomic E-state index is 12.8. The monoisotopic (exact) mass is 355 g/mol. The third kappa shape index (κ3) is 4.86. The molecule has 122 valence electrons. The molecule has 2 rings (SSSR count). The normalized spacial score (nSPS) is 12.8. The van der Waals surface area contributed by atoms with Gasteiger partial charge in [0.15, 0.2) is 5.78 Å². The van der Waals surface area contributed by atoms with E-state index < -0.39 is 21.9 Å². The zero-order valence-electron chi connectivity index (χ0n) is 12.3. The highest BCUT2D eigenvalue weighted by molar-refractivity contribution is 7.89. The van der Waals surface area contributed by atoms with Gasteiger partial charge in [-0.3, -0.25) is 4.79 Å². The molecule has 0 aliphatic heterocycles. The summed E-state index contributed by atoms with van der Waals surface area (Å²) in [6.07, 6.45) is -0.0363. The molecule has 0 bridgehead atoms. The van der Waals surface area contributed by atoms with Gasteiger partial charge in [0.25, 0.3) is 0 Å². The van der Waals surface area contributed by atoms with Crippen LogP contribution in [0.5, 0.6) is 0 Å². The molecule has 0 saturated heterocycles. The molecule has 0 amide bonds. The molecular formula is C16H15ClFNO3S. The maximum atomic E-state index is 12.8. The Morgan fingerprint density at radius 1 is 1.22 bits per heavy atom. The first-order chi connectivity index (χ1) is 10.8. The van der Waals surface area contributed by atoms with Gasteiger partial charge in [-0.1, -0.05) is 17.7 Å². The molecule has 0 spiro atoms. The number of Topliss-reactive ketones (excluding diaryl/α,β-unsaturated/α-hetero) is 1. The summed E-state index contributed by atoms with van der Waals surface area (Å²) >= 11 is 5.79. The minimum atomic E-state index is -3.76. The Morgan fingerprint density at radius 3 is 2.48 bits per heavy atom. The van der Waals surface area contributed by atoms with Crippen LogP contribution in [0.2, 0.25) is 5.02 Å². The van der Waals surface area contributed by atoms with Gasteiger partial charge >= 0.3 is 0 Å². The molecule has 0 radical (unpaired) electrons. The van der Waals surface area contributed by atoms with Crippen LogP contribution >= 0.6 is 11.6 Å². The second-order valence-corrected chi connectivity index (χ2v) is 7.26. The SMILES string of the molecule is C[C@@H](CC(=O)c1ccc(F)cc1)NS(=O)(=O)c1cccc(Cl)c1. The Balaban J connectivity index is 2.05. The van der Waals surface area contributed by atoms with Crippen molar-refractivity contribution in [2.24, 2.45) is 0 Å². The number of carbonyl (C=O) groups is 1. The Labute approximate surface area is 139 Å². The molecule has 2 aromatic carbocycles. The first-order valence-corrected chi connectivity index (χ1v) is 8.71. The highest BCUT2D eigenvalue weighted by atomic mass is 35.5. The highest BCUT2D eigenvalue weighted by Gasteiger charge is 2.20. The van der Waals surface area contributed by atoms with Crippen molar-refractivity contribution in [2.45, 2.75) is 24.3 Å². The lowest BCUT2D eigenvalue weighted by molar-refractivity contribution is 0.0975. The fourth-order valence-corrected chi connectivity index (χ4v) is 3.58. The van der Waals surface area contributed by atoms with E-state index in [1.807, 2.05) is 0 Å². The van der Waals surface area contributed by atoms with Crippen LogP contribution in [-0.2, 0) is 10.0 Å². The standard InChI is InChI=1S/C16H15ClFNO3S/c1-11(9-16(20)12-5-7-14(18)8-6-12)19-23(21,22)15-4-2-3-13(17)10-15/h2-8,10-11,19H,9H2,1H3/t11-/m0/s1. The Kier molecular flexibility index (Phi) is 5.51. The summed E-state index contributed by atoms with van der Waals surface area (Å²) in [5.41, 5.74) is 0.334. The molecular weight excluding hydrogens is 341 g/mol. The Hall–Kier alpha value is -1.76. The minimum absolute atomic E-state index is 0.0334. The molecule has 0 heterocycles. The quantitative estimate of drug-likeness (QED) is 0.807. The van der Waals surface area contributed by atoms with Crippen molar-refractivity contribution in [3.05, 3.63) is 64.9 Å². The summed E-state index contributed by atoms with van der Waals surface area (Å²) in [5.74, 6) is -0.706. The van der Waals surface area contributed by atoms with E-state index in [-0.39, 0.29) is 17.1 Å². The van der Waals surface area contributed by atoms with Gasteiger partial charge < -0.3 is 0 Å². The predicted octanol–water partition coefficient (Wildman–Crippen LogP) is 3.42. The van der Waals surface area contributed by atoms with Crippen LogP contribution < -0.4 is 4.72 Å². The van der Waals surface area contributed by atoms with E-state index in [1.165, 1.54) is 42.5 Å². The second kappa shape index (κ2) is 7.21. The number of rotatable bonds is 6. The summed E-state index contributed by atoms with van der Waals surface area (Å²) in [7, 11) is -3.76. The number of carbonyl (C=O) groups excluding carboxylic acids is 1. The van der Waals surface area contributed by atoms with Crippen LogP contribution in [0.1, 0.15) is 23.7 Å². The van der Waals surface area contributed by atoms with Crippen molar-refractivity contribution in [2.75, 3.05) is 0 Å². The zero-order valence-corrected chi connectivity index (χ0v) is 13.9. The lowest BCUT2D eigenvalue weighted by Gasteiger charge is -2.14. The van der Waals surface area contributed by atoms with Crippen LogP contribution in [-0.4, -0.2) is 20.2 Å². The number of hydrogen-bond donors (Lipinski definition) is 1. The molecule has 23 heavy (non-hydrogen) atoms. The zero-order chi connectivity index (χ0) is 17.0. The van der Waals surface area contributed by atoms with E-state index in [1.54, 1.807) is 13.0 Å². The van der Waals surface area contributed by atoms with Crippen LogP contribution in [0.15, 0.2) is 53.4 Å². The molecule has 0 unspecified atom stereocenters. The Bertz CT molecular complexity index is 806. The van der Waals surface area contributed by atoms with Gasteiger partial charge in [0, 0.05) is 23.0 Å². The average molecular weight is 356 g/mol. The third-order valence-electron chi connectivity index (χ3n) is 3.12. The molecule has 7 heteroatoms. The largest absolute Gasteiger partial charge is 0.294 e. The van der Waals surface area contributed by atoms with Gasteiger partial charge in [-0.25, -0.2) is 17.5 Å². The summed E-state index contributed by atoms with van der Waals surface area (Å²) in [4.78, 5) is 12.1. The van der Waals surface area contributed by atoms with Crippen molar-refractivity contribution in [1.29, 1.82) is 0 Å². The van der Waals surface area contributed by atoms with Crippen molar-refractivity contribution in [3.63, 3.8) is 0 Å². The number of ketones is 1. The van der Waals surface area contributed by atoms with E-state index >= 15 is 0 Å². The van der Waals surface area contributed by atoms with Crippen molar-refractivity contribution < 1.29 is 17.6 Å². The van der Waals surface area contributed by atoms with Gasteiger partial charge in [0.2, 0.25) is 10.0 Å². The smallest absolute Gasteiger partial charge is 0.240 e. The predicted molar refractivity (Wildman–Crippen MR) is 86.6 cm³/mol. The fourth-order valence-electron chi connectivity index (χ4n) is 2.04. The van der Waals surface area contributed by atoms with E-state index in [9.17, 15) is 17.6 Å². The number of sulfonamides is 1. The first-order valence-electron chi connectivity index (χ1n) is 6.84. The van der Waals surface area contributed by atoms with Crippen LogP contribution in [0.25, 0.3) is 0 Å². The first kappa shape index (κ1) is 17.6. The number of benzene rings is 2. The third-order valence-corrected chi connectivity index (χ3v) is 4.94. The average Bonchev–Trinajstić information content (AvgIpc) is 2.47. The van der Waals surface area contributed by atoms with Crippen molar-refractivity contribution >= 4 is 27.4 Å². The lowest BCUT2D eigenvalue weighted by atomic mass is 10.1. The van der Waals surface area contributed by atoms with Crippen molar-refractivity contribution in [1.82, 2.24) is 4.72 Å². The summed E-state index contributed by atoms with van der Waals surface area (Å²) in [5, 5.41) is 0.308. The second-order valence-electron chi connectivity index (χ2n) is 5.11. The van der Waals surface area contributed by atoms with Gasteiger partial charge in [0.1, 0.15) is 5.82 Å². The van der Waals surface area contributed by atoms with Gasteiger partial charge in [0.05, 0.1) is 4.90 Å². The minimum Gasteiger partial charge on any atom is -0.294 e. The molecule has 1 atom stereocenters. The molecule has 1 N–H and O–H groups in total. The van der Waals surface area contributed by atoms with E-state index in [0.29, 0.717) is 10.6 Å². The Morgan fingerprint density at radius 2 is 1.87 bits per heavy atom. The van der Waals surface area contributed by atoms with E-state index in [4.69, 9.17) is 11.6 Å². The van der Waals surface area contributed by atoms with Crippen LogP contribution in [0.4, 0.5) is 4.39 Å². The molecule has 4 nitrogen and oxygen atoms in total. The number of hydrogen-bond acceptors (Lipinski definition) is 3. The highest BCUT2D eigenvalue weighted by Crippen LogP contribution is 2.16. The van der Waals surface area contributed by atoms with E-state index in [2.05, 4.69) is 4.72 Å². The molecule has 0 aliphatic carbocycles. The van der Waals surface area contributed by atoms with Gasteiger partial charge in [-0.05, 0) is 49.4 Å². The topological polar surface area (TPSA) is 63.2 Å².